The molecule has 0 radical (unpaired) electrons. The quantitative estimate of drug-likeness (QED) is 0.266. The van der Waals surface area contributed by atoms with Crippen molar-refractivity contribution in [1.29, 1.82) is 0 Å². The normalized spacial score (nSPS) is 23.0. The highest BCUT2D eigenvalue weighted by Crippen LogP contribution is 2.45. The number of hydrogen-bond donors (Lipinski definition) is 2. The molecule has 6 aliphatic rings. The van der Waals surface area contributed by atoms with Gasteiger partial charge < -0.3 is 29.9 Å². The molecule has 0 aromatic heterocycles. The molecule has 9 nitrogen and oxygen atoms in total. The van der Waals surface area contributed by atoms with Crippen LogP contribution in [-0.2, 0) is 17.8 Å². The second kappa shape index (κ2) is 22.7. The largest absolute Gasteiger partial charge is 0.434 e. The van der Waals surface area contributed by atoms with E-state index in [4.69, 9.17) is 28.3 Å². The van der Waals surface area contributed by atoms with E-state index >= 15 is 0 Å². The first-order chi connectivity index (χ1) is 33.0. The molecule has 0 bridgehead atoms. The molecule has 0 saturated carbocycles. The zero-order chi connectivity index (χ0) is 52.2. The molecule has 1 unspecified atom stereocenters. The van der Waals surface area contributed by atoms with Gasteiger partial charge in [-0.1, -0.05) is 47.5 Å². The number of rotatable bonds is 7. The number of nitrogens with one attached hydrogen (secondary N) is 1. The third-order valence-corrected chi connectivity index (χ3v) is 15.2. The Kier molecular flexibility index (Phi) is 18.3. The van der Waals surface area contributed by atoms with Crippen molar-refractivity contribution < 1.29 is 71.7 Å². The standard InChI is InChI=1S/C24H28ClF8N3O2.C20H28ClF2N3.C3H5F3O/c25-17-3-1-2-16(18(17)35-12-7-22(26,27)8-13-35)14-34-9-4-21(15-34)5-10-36(11-6-21)20(37)38-19(23(28,29)30)24(31,32)33;21-17-3-1-2-16(18(17)26-12-7-20(22,23)8-13-26)14-25-11-6-19(15-25)4-9-24-10-5-19;1-2(7)3(4,5)6/h1-3,19H,4-15H2;1-3,24H,4-15H2;2,7H,1H3. The average molecular weight is 1080 g/mol. The van der Waals surface area contributed by atoms with E-state index in [1.807, 2.05) is 23.1 Å². The number of carbonyl (C=O) groups excluding carboxylic acids is 1. The predicted molar refractivity (Wildman–Crippen MR) is 243 cm³/mol. The lowest BCUT2D eigenvalue weighted by molar-refractivity contribution is -0.308. The molecule has 6 fully saturated rings. The van der Waals surface area contributed by atoms with Gasteiger partial charge in [-0.15, -0.1) is 0 Å². The molecule has 2 N–H and O–H groups in total. The molecule has 2 spiro atoms. The van der Waals surface area contributed by atoms with Gasteiger partial charge in [0.2, 0.25) is 0 Å². The van der Waals surface area contributed by atoms with Crippen molar-refractivity contribution in [1.82, 2.24) is 20.0 Å². The Labute approximate surface area is 414 Å². The van der Waals surface area contributed by atoms with E-state index in [1.165, 1.54) is 24.8 Å². The highest BCUT2D eigenvalue weighted by molar-refractivity contribution is 6.33. The van der Waals surface area contributed by atoms with Gasteiger partial charge in [0.25, 0.3) is 17.9 Å². The van der Waals surface area contributed by atoms with Gasteiger partial charge in [0.1, 0.15) is 6.10 Å². The average Bonchev–Trinajstić information content (AvgIpc) is 3.85. The van der Waals surface area contributed by atoms with Crippen molar-refractivity contribution >= 4 is 40.7 Å². The maximum Gasteiger partial charge on any atom is 0.434 e. The summed E-state index contributed by atoms with van der Waals surface area (Å²) in [5.41, 5.74) is 4.00. The molecule has 8 rings (SSSR count). The minimum absolute atomic E-state index is 0.0144. The maximum absolute atomic E-state index is 13.7. The van der Waals surface area contributed by atoms with Crippen LogP contribution in [0.5, 0.6) is 0 Å². The molecule has 1 amide bonds. The summed E-state index contributed by atoms with van der Waals surface area (Å²) in [5, 5.41) is 12.4. The van der Waals surface area contributed by atoms with E-state index < -0.39 is 48.7 Å². The SMILES string of the molecule is CC(O)C(F)(F)F.FC1(F)CCN(c2c(Cl)cccc2CN2CCC3(CCNCC3)C2)CC1.O=C(OC(C(F)(F)F)C(F)(F)F)N1CCC2(CCN(Cc3cccc(Cl)c3N3CCC(F)(F)CC3)C2)CC1. The number of para-hydroxylation sites is 2. The predicted octanol–water partition coefficient (Wildman–Crippen LogP) is 11.6. The number of halogens is 15. The molecule has 6 saturated heterocycles. The molecule has 402 valence electrons. The Morgan fingerprint density at radius 1 is 0.606 bits per heavy atom. The van der Waals surface area contributed by atoms with Crippen LogP contribution < -0.4 is 15.1 Å². The number of amides is 1. The Hall–Kier alpha value is -3.18. The van der Waals surface area contributed by atoms with Gasteiger partial charge in [-0.25, -0.2) is 22.4 Å². The van der Waals surface area contributed by atoms with Crippen LogP contribution in [0.25, 0.3) is 0 Å². The van der Waals surface area contributed by atoms with Crippen LogP contribution in [0.1, 0.15) is 82.3 Å². The van der Waals surface area contributed by atoms with E-state index in [9.17, 15) is 61.9 Å². The molecule has 0 aliphatic carbocycles. The summed E-state index contributed by atoms with van der Waals surface area (Å²) < 4.78 is 168. The summed E-state index contributed by atoms with van der Waals surface area (Å²) >= 11 is 13.0. The number of carbonyl (C=O) groups is 1. The second-order valence-electron chi connectivity index (χ2n) is 19.9. The minimum atomic E-state index is -5.76. The summed E-state index contributed by atoms with van der Waals surface area (Å²) in [6.07, 6.45) is -19.3. The number of aliphatic hydroxyl groups excluding tert-OH is 1. The monoisotopic (exact) mass is 1070 g/mol. The number of likely N-dealkylation sites (tertiary alicyclic amines) is 3. The number of ether oxygens (including phenoxy) is 1. The van der Waals surface area contributed by atoms with Crippen LogP contribution in [0.2, 0.25) is 10.0 Å². The number of aliphatic hydroxyl groups is 1. The fourth-order valence-electron chi connectivity index (χ4n) is 10.4. The number of piperidine rings is 4. The van der Waals surface area contributed by atoms with Gasteiger partial charge in [-0.05, 0) is 106 Å². The van der Waals surface area contributed by atoms with Crippen molar-refractivity contribution in [3.05, 3.63) is 57.6 Å². The lowest BCUT2D eigenvalue weighted by Gasteiger charge is -2.39. The second-order valence-corrected chi connectivity index (χ2v) is 20.7. The molecule has 6 heterocycles. The van der Waals surface area contributed by atoms with Crippen molar-refractivity contribution in [2.45, 2.75) is 127 Å². The third-order valence-electron chi connectivity index (χ3n) is 14.6. The summed E-state index contributed by atoms with van der Waals surface area (Å²) in [4.78, 5) is 21.6. The van der Waals surface area contributed by atoms with Crippen LogP contribution in [-0.4, -0.2) is 147 Å². The van der Waals surface area contributed by atoms with Gasteiger partial charge in [-0.2, -0.15) is 39.5 Å². The lowest BCUT2D eigenvalue weighted by Crippen LogP contribution is -2.50. The Morgan fingerprint density at radius 3 is 1.34 bits per heavy atom. The Bertz CT molecular complexity index is 2050. The smallest absolute Gasteiger partial charge is 0.426 e. The molecule has 24 heteroatoms. The van der Waals surface area contributed by atoms with Crippen LogP contribution in [0, 0.1) is 10.8 Å². The van der Waals surface area contributed by atoms with E-state index in [1.54, 1.807) is 12.1 Å². The van der Waals surface area contributed by atoms with Crippen LogP contribution >= 0.6 is 23.2 Å². The highest BCUT2D eigenvalue weighted by Gasteiger charge is 2.60. The first kappa shape index (κ1) is 57.1. The molecular formula is C47H61Cl2F13N6O3. The molecule has 71 heavy (non-hydrogen) atoms. The Balaban J connectivity index is 0.000000215. The third kappa shape index (κ3) is 15.4. The van der Waals surface area contributed by atoms with Gasteiger partial charge in [0.05, 0.1) is 21.4 Å². The minimum Gasteiger partial charge on any atom is -0.426 e. The fraction of sp³-hybridized carbons (Fsp3) is 0.723. The molecule has 2 aromatic rings. The zero-order valence-electron chi connectivity index (χ0n) is 39.3. The topological polar surface area (TPSA) is 74.8 Å². The summed E-state index contributed by atoms with van der Waals surface area (Å²) in [6.45, 7) is 8.95. The van der Waals surface area contributed by atoms with Gasteiger partial charge in [0, 0.05) is 91.1 Å². The van der Waals surface area contributed by atoms with Crippen molar-refractivity contribution in [3.8, 4) is 0 Å². The summed E-state index contributed by atoms with van der Waals surface area (Å²) in [6, 6.07) is 11.4. The number of anilines is 2. The van der Waals surface area contributed by atoms with Crippen molar-refractivity contribution in [3.63, 3.8) is 0 Å². The molecule has 2 aromatic carbocycles. The maximum atomic E-state index is 13.7. The van der Waals surface area contributed by atoms with E-state index in [-0.39, 0.29) is 57.3 Å². The van der Waals surface area contributed by atoms with E-state index in [0.29, 0.717) is 67.9 Å². The van der Waals surface area contributed by atoms with E-state index in [2.05, 4.69) is 30.8 Å². The van der Waals surface area contributed by atoms with Gasteiger partial charge in [-0.3, -0.25) is 9.80 Å². The van der Waals surface area contributed by atoms with Crippen LogP contribution in [0.4, 0.5) is 73.2 Å². The van der Waals surface area contributed by atoms with Crippen molar-refractivity contribution in [2.75, 3.05) is 88.3 Å². The summed E-state index contributed by atoms with van der Waals surface area (Å²) in [7, 11) is 0. The number of hydrogen-bond acceptors (Lipinski definition) is 8. The first-order valence-corrected chi connectivity index (χ1v) is 24.5. The molecular weight excluding hydrogens is 1010 g/mol. The molecule has 6 aliphatic heterocycles. The number of benzene rings is 2. The fourth-order valence-corrected chi connectivity index (χ4v) is 11.1. The number of alkyl halides is 13. The zero-order valence-corrected chi connectivity index (χ0v) is 40.8. The highest BCUT2D eigenvalue weighted by atomic mass is 35.5. The molecule has 1 atom stereocenters. The van der Waals surface area contributed by atoms with Gasteiger partial charge >= 0.3 is 24.6 Å². The van der Waals surface area contributed by atoms with E-state index in [0.717, 1.165) is 61.0 Å². The van der Waals surface area contributed by atoms with Crippen LogP contribution in [0.15, 0.2) is 36.4 Å². The summed E-state index contributed by atoms with van der Waals surface area (Å²) in [5.74, 6) is -5.23. The number of nitrogens with zero attached hydrogens (tertiary/aromatic N) is 5. The Morgan fingerprint density at radius 2 is 0.972 bits per heavy atom. The van der Waals surface area contributed by atoms with Crippen molar-refractivity contribution in [2.24, 2.45) is 10.8 Å². The van der Waals surface area contributed by atoms with Gasteiger partial charge in [0.15, 0.2) is 0 Å². The van der Waals surface area contributed by atoms with Crippen LogP contribution in [0.3, 0.4) is 0 Å². The lowest BCUT2D eigenvalue weighted by atomic mass is 9.78. The first-order valence-electron chi connectivity index (χ1n) is 23.8.